The maximum absolute atomic E-state index is 13.9. The van der Waals surface area contributed by atoms with Crippen molar-refractivity contribution < 1.29 is 19.3 Å². The van der Waals surface area contributed by atoms with Crippen LogP contribution in [0.25, 0.3) is 0 Å². The predicted octanol–water partition coefficient (Wildman–Crippen LogP) is 4.59. The Balaban J connectivity index is 1.36. The molecule has 2 atom stereocenters. The highest BCUT2D eigenvalue weighted by Crippen LogP contribution is 2.42. The van der Waals surface area contributed by atoms with Crippen molar-refractivity contribution in [3.8, 4) is 5.75 Å². The number of benzene rings is 2. The molecule has 2 aliphatic carbocycles. The van der Waals surface area contributed by atoms with Gasteiger partial charge in [-0.05, 0) is 49.8 Å². The van der Waals surface area contributed by atoms with Crippen LogP contribution in [0.1, 0.15) is 85.2 Å². The Kier molecular flexibility index (Phi) is 6.54. The second kappa shape index (κ2) is 9.91. The summed E-state index contributed by atoms with van der Waals surface area (Å²) in [7, 11) is 0. The number of rotatable bonds is 5. The van der Waals surface area contributed by atoms with E-state index in [1.165, 1.54) is 24.8 Å². The van der Waals surface area contributed by atoms with Crippen LogP contribution in [-0.4, -0.2) is 54.0 Å². The molecule has 39 heavy (non-hydrogen) atoms. The average molecular weight is 525 g/mol. The smallest absolute Gasteiger partial charge is 0.258 e. The summed E-state index contributed by atoms with van der Waals surface area (Å²) in [5.74, 6) is 0.316. The van der Waals surface area contributed by atoms with Crippen LogP contribution in [0.3, 0.4) is 0 Å². The van der Waals surface area contributed by atoms with Gasteiger partial charge in [0.2, 0.25) is 17.6 Å². The molecule has 2 aliphatic heterocycles. The van der Waals surface area contributed by atoms with Gasteiger partial charge in [0, 0.05) is 42.4 Å². The molecule has 0 amide bonds. The molecule has 202 valence electrons. The Morgan fingerprint density at radius 1 is 1.05 bits per heavy atom. The first-order valence-electron chi connectivity index (χ1n) is 14.3. The number of allylic oxidation sites excluding steroid dienone is 2. The zero-order chi connectivity index (χ0) is 27.3. The fourth-order valence-corrected chi connectivity index (χ4v) is 6.20. The summed E-state index contributed by atoms with van der Waals surface area (Å²) in [6.07, 6.45) is 10.8. The fraction of sp³-hybridized carbons (Fsp3) is 0.424. The minimum Gasteiger partial charge on any atom is -0.468 e. The monoisotopic (exact) mass is 524 g/mol. The zero-order valence-corrected chi connectivity index (χ0v) is 23.4. The van der Waals surface area contributed by atoms with E-state index >= 15 is 0 Å². The zero-order valence-electron chi connectivity index (χ0n) is 23.4. The maximum Gasteiger partial charge on any atom is 0.258 e. The highest BCUT2D eigenvalue weighted by Gasteiger charge is 2.41. The molecule has 0 radical (unpaired) electrons. The number of anilines is 1. The summed E-state index contributed by atoms with van der Waals surface area (Å²) in [6, 6.07) is 9.63. The highest BCUT2D eigenvalue weighted by molar-refractivity contribution is 6.32. The maximum atomic E-state index is 13.9. The number of carbonyl (C=O) groups excluding carboxylic acids is 2. The van der Waals surface area contributed by atoms with Gasteiger partial charge < -0.3 is 15.0 Å². The van der Waals surface area contributed by atoms with Gasteiger partial charge >= 0.3 is 0 Å². The quantitative estimate of drug-likeness (QED) is 0.478. The van der Waals surface area contributed by atoms with Crippen LogP contribution in [0.5, 0.6) is 5.75 Å². The van der Waals surface area contributed by atoms with Crippen molar-refractivity contribution in [1.29, 1.82) is 0 Å². The van der Waals surface area contributed by atoms with Gasteiger partial charge in [-0.1, -0.05) is 57.5 Å². The predicted molar refractivity (Wildman–Crippen MR) is 154 cm³/mol. The van der Waals surface area contributed by atoms with Crippen molar-refractivity contribution in [2.75, 3.05) is 25.0 Å². The van der Waals surface area contributed by atoms with E-state index in [-0.39, 0.29) is 23.1 Å². The van der Waals surface area contributed by atoms with E-state index in [4.69, 9.17) is 4.74 Å². The number of likely N-dealkylation sites (tertiary alicyclic amines) is 1. The van der Waals surface area contributed by atoms with Crippen LogP contribution in [0.4, 0.5) is 11.4 Å². The van der Waals surface area contributed by atoms with Crippen LogP contribution in [0.2, 0.25) is 0 Å². The van der Waals surface area contributed by atoms with Crippen molar-refractivity contribution in [2.45, 2.75) is 65.5 Å². The minimum atomic E-state index is -0.273. The van der Waals surface area contributed by atoms with Gasteiger partial charge in [-0.25, -0.2) is 4.99 Å². The molecule has 2 heterocycles. The Bertz CT molecular complexity index is 1440. The van der Waals surface area contributed by atoms with Crippen LogP contribution in [0, 0.1) is 5.41 Å². The number of hydrogen-bond acceptors (Lipinski definition) is 5. The van der Waals surface area contributed by atoms with E-state index in [1.807, 2.05) is 24.3 Å². The highest BCUT2D eigenvalue weighted by atomic mass is 16.5. The largest absolute Gasteiger partial charge is 0.468 e. The van der Waals surface area contributed by atoms with E-state index in [9.17, 15) is 9.59 Å². The van der Waals surface area contributed by atoms with Gasteiger partial charge in [0.15, 0.2) is 11.5 Å². The molecule has 2 aromatic rings. The van der Waals surface area contributed by atoms with E-state index < -0.39 is 0 Å². The van der Waals surface area contributed by atoms with E-state index in [0.717, 1.165) is 25.2 Å². The molecule has 0 saturated carbocycles. The van der Waals surface area contributed by atoms with Gasteiger partial charge in [0.1, 0.15) is 5.56 Å². The van der Waals surface area contributed by atoms with Crippen LogP contribution in [0.15, 0.2) is 54.1 Å². The van der Waals surface area contributed by atoms with Crippen molar-refractivity contribution in [1.82, 2.24) is 4.90 Å². The van der Waals surface area contributed by atoms with E-state index in [1.54, 1.807) is 12.1 Å². The van der Waals surface area contributed by atoms with Gasteiger partial charge in [-0.3, -0.25) is 9.59 Å². The Labute approximate surface area is 230 Å². The van der Waals surface area contributed by atoms with Gasteiger partial charge in [0.05, 0.1) is 11.3 Å². The van der Waals surface area contributed by atoms with E-state index in [2.05, 4.69) is 55.1 Å². The molecule has 6 nitrogen and oxygen atoms in total. The summed E-state index contributed by atoms with van der Waals surface area (Å²) >= 11 is 0. The van der Waals surface area contributed by atoms with Gasteiger partial charge in [0.25, 0.3) is 5.69 Å². The Morgan fingerprint density at radius 3 is 2.51 bits per heavy atom. The Hall–Kier alpha value is -3.51. The number of ether oxygens (including phenoxy) is 1. The molecular formula is C33H38N3O3+. The first-order valence-corrected chi connectivity index (χ1v) is 14.3. The summed E-state index contributed by atoms with van der Waals surface area (Å²) in [6.45, 7) is 11.7. The lowest BCUT2D eigenvalue weighted by Crippen LogP contribution is -2.72. The third-order valence-electron chi connectivity index (χ3n) is 8.51. The molecule has 6 heteroatoms. The van der Waals surface area contributed by atoms with Crippen LogP contribution >= 0.6 is 0 Å². The normalized spacial score (nSPS) is 22.2. The lowest BCUT2D eigenvalue weighted by Gasteiger charge is -2.33. The summed E-state index contributed by atoms with van der Waals surface area (Å²) in [5, 5.41) is 3.52. The van der Waals surface area contributed by atoms with Crippen molar-refractivity contribution >= 4 is 28.7 Å². The van der Waals surface area contributed by atoms with Crippen molar-refractivity contribution in [3.05, 3.63) is 76.4 Å². The topological polar surface area (TPSA) is 72.6 Å². The van der Waals surface area contributed by atoms with Gasteiger partial charge in [-0.15, -0.1) is 0 Å². The number of nitrogens with zero attached hydrogens (tertiary/aromatic N) is 1. The number of hydrogen-bond donors (Lipinski definition) is 2. The first kappa shape index (κ1) is 25.8. The molecule has 1 fully saturated rings. The molecule has 0 bridgehead atoms. The Morgan fingerprint density at radius 2 is 1.79 bits per heavy atom. The summed E-state index contributed by atoms with van der Waals surface area (Å²) in [4.78, 5) is 33.7. The van der Waals surface area contributed by atoms with Crippen molar-refractivity contribution in [2.24, 2.45) is 5.41 Å². The van der Waals surface area contributed by atoms with Crippen LogP contribution < -0.4 is 15.0 Å². The minimum absolute atomic E-state index is 0.00775. The fourth-order valence-electron chi connectivity index (χ4n) is 6.20. The number of carbonyl (C=O) groups is 2. The molecule has 0 spiro atoms. The molecular weight excluding hydrogens is 486 g/mol. The van der Waals surface area contributed by atoms with Crippen LogP contribution in [-0.2, 0) is 0 Å². The SMILES string of the molecule is C[C@H]1CCCCN1CCCNc1cc2c(c3c1C(=O)c1ccccc1C3=O)[NH+]=C1C=CC(C(C)(C)C)=CC1O2. The molecule has 4 aliphatic rings. The second-order valence-electron chi connectivity index (χ2n) is 12.2. The molecule has 0 aromatic heterocycles. The summed E-state index contributed by atoms with van der Waals surface area (Å²) < 4.78 is 6.52. The third kappa shape index (κ3) is 4.65. The molecule has 1 unspecified atom stereocenters. The summed E-state index contributed by atoms with van der Waals surface area (Å²) in [5.41, 5.74) is 5.03. The first-order chi connectivity index (χ1) is 18.7. The number of piperidine rings is 1. The molecule has 6 rings (SSSR count). The lowest BCUT2D eigenvalue weighted by molar-refractivity contribution is -0.362. The van der Waals surface area contributed by atoms with Gasteiger partial charge in [-0.2, -0.15) is 0 Å². The number of fused-ring (bicyclic) bond motifs is 5. The molecule has 2 N–H and O–H groups in total. The molecule has 1 saturated heterocycles. The standard InChI is InChI=1S/C33H37N3O3/c1-20-10-7-8-16-36(20)17-9-15-34-25-19-27-30(35-24-14-13-21(33(2,3)4)18-26(24)39-27)29-28(25)31(37)22-11-5-6-12-23(22)32(29)38/h5-6,11-14,18-20,26,34H,7-10,15-17H2,1-4H3/p+1/t20-,26?/m0/s1. The average Bonchev–Trinajstić information content (AvgIpc) is 2.92. The lowest BCUT2D eigenvalue weighted by atomic mass is 9.81. The second-order valence-corrected chi connectivity index (χ2v) is 12.2. The number of ketones is 2. The molecule has 2 aromatic carbocycles. The van der Waals surface area contributed by atoms with Crippen molar-refractivity contribution in [3.63, 3.8) is 0 Å². The van der Waals surface area contributed by atoms with E-state index in [0.29, 0.717) is 52.0 Å². The number of nitrogens with one attached hydrogen (secondary N) is 2. The third-order valence-corrected chi connectivity index (χ3v) is 8.51.